The van der Waals surface area contributed by atoms with Crippen LogP contribution in [0.1, 0.15) is 29.8 Å². The largest absolute Gasteiger partial charge is 0.284 e. The maximum atomic E-state index is 10.8. The van der Waals surface area contributed by atoms with Gasteiger partial charge in [0.15, 0.2) is 0 Å². The summed E-state index contributed by atoms with van der Waals surface area (Å²) < 4.78 is 0. The van der Waals surface area contributed by atoms with E-state index in [1.54, 1.807) is 19.1 Å². The number of nitrogens with zero attached hydrogens (tertiary/aromatic N) is 1. The predicted molar refractivity (Wildman–Crippen MR) is 59.4 cm³/mol. The molecule has 0 atom stereocenters. The summed E-state index contributed by atoms with van der Waals surface area (Å²) in [6.07, 6.45) is 0. The van der Waals surface area contributed by atoms with Crippen LogP contribution in [0.4, 0.5) is 5.69 Å². The van der Waals surface area contributed by atoms with Crippen LogP contribution in [0.5, 0.6) is 0 Å². The van der Waals surface area contributed by atoms with Gasteiger partial charge in [-0.15, -0.1) is 0 Å². The summed E-state index contributed by atoms with van der Waals surface area (Å²) in [6, 6.07) is 4.44. The molecule has 1 aromatic rings. The van der Waals surface area contributed by atoms with E-state index in [-0.39, 0.29) is 11.3 Å². The van der Waals surface area contributed by atoms with Crippen LogP contribution in [-0.2, 0) is 0 Å². The monoisotopic (exact) mass is 229 g/mol. The lowest BCUT2D eigenvalue weighted by Crippen LogP contribution is -2.00. The number of hydrogen-bond acceptors (Lipinski definition) is 3. The standard InChI is InChI=1S/C8H6ClNO3.C2H6/c1-5-3-2-4-6(8(9)11)7(5)10(12)13;1-2/h2-4H,1H3;1-2H3. The predicted octanol–water partition coefficient (Wildman–Crippen LogP) is 3.31. The zero-order valence-corrected chi connectivity index (χ0v) is 9.54. The Morgan fingerprint density at radius 1 is 1.40 bits per heavy atom. The van der Waals surface area contributed by atoms with Gasteiger partial charge in [0.25, 0.3) is 10.9 Å². The maximum absolute atomic E-state index is 10.8. The molecule has 5 heteroatoms. The molecular formula is C10H12ClNO3. The molecule has 0 aliphatic rings. The summed E-state index contributed by atoms with van der Waals surface area (Å²) in [4.78, 5) is 20.7. The van der Waals surface area contributed by atoms with E-state index >= 15 is 0 Å². The minimum atomic E-state index is -0.810. The van der Waals surface area contributed by atoms with Crippen molar-refractivity contribution in [2.75, 3.05) is 0 Å². The molecule has 0 heterocycles. The number of nitro benzene ring substituents is 1. The van der Waals surface area contributed by atoms with Gasteiger partial charge in [0.05, 0.1) is 4.92 Å². The topological polar surface area (TPSA) is 60.2 Å². The molecule has 0 saturated heterocycles. The third-order valence-corrected chi connectivity index (χ3v) is 1.84. The van der Waals surface area contributed by atoms with Crippen LogP contribution in [0.25, 0.3) is 0 Å². The van der Waals surface area contributed by atoms with E-state index in [0.717, 1.165) is 0 Å². The molecule has 0 N–H and O–H groups in total. The number of nitro groups is 1. The fourth-order valence-electron chi connectivity index (χ4n) is 1.06. The summed E-state index contributed by atoms with van der Waals surface area (Å²) in [5.74, 6) is 0. The zero-order chi connectivity index (χ0) is 12.0. The Kier molecular flexibility index (Phi) is 5.56. The van der Waals surface area contributed by atoms with Crippen molar-refractivity contribution < 1.29 is 9.72 Å². The lowest BCUT2D eigenvalue weighted by atomic mass is 10.1. The third-order valence-electron chi connectivity index (χ3n) is 1.63. The molecule has 1 rings (SSSR count). The first-order chi connectivity index (χ1) is 7.04. The molecule has 0 unspecified atom stereocenters. The minimum Gasteiger partial charge on any atom is -0.275 e. The van der Waals surface area contributed by atoms with E-state index in [2.05, 4.69) is 0 Å². The van der Waals surface area contributed by atoms with Crippen molar-refractivity contribution in [3.8, 4) is 0 Å². The normalized spacial score (nSPS) is 8.80. The Morgan fingerprint density at radius 3 is 2.27 bits per heavy atom. The van der Waals surface area contributed by atoms with Crippen LogP contribution in [0.15, 0.2) is 18.2 Å². The number of benzene rings is 1. The molecule has 15 heavy (non-hydrogen) atoms. The number of halogens is 1. The first-order valence-electron chi connectivity index (χ1n) is 4.48. The van der Waals surface area contributed by atoms with Gasteiger partial charge in [-0.25, -0.2) is 0 Å². The SMILES string of the molecule is CC.Cc1cccc(C(=O)Cl)c1[N+](=O)[O-]. The second-order valence-electron chi connectivity index (χ2n) is 2.50. The second-order valence-corrected chi connectivity index (χ2v) is 2.85. The van der Waals surface area contributed by atoms with Crippen molar-refractivity contribution in [3.05, 3.63) is 39.4 Å². The zero-order valence-electron chi connectivity index (χ0n) is 8.78. The Bertz CT molecular complexity index is 377. The van der Waals surface area contributed by atoms with Crippen LogP contribution in [0.3, 0.4) is 0 Å². The number of carbonyl (C=O) groups is 1. The molecule has 0 aliphatic heterocycles. The summed E-state index contributed by atoms with van der Waals surface area (Å²) in [7, 11) is 0. The molecule has 0 radical (unpaired) electrons. The van der Waals surface area contributed by atoms with E-state index in [4.69, 9.17) is 11.6 Å². The molecule has 0 aromatic heterocycles. The molecule has 4 nitrogen and oxygen atoms in total. The Hall–Kier alpha value is -1.42. The van der Waals surface area contributed by atoms with Crippen molar-refractivity contribution >= 4 is 22.5 Å². The third kappa shape index (κ3) is 3.32. The summed E-state index contributed by atoms with van der Waals surface area (Å²) in [5, 5.41) is 9.73. The van der Waals surface area contributed by atoms with E-state index < -0.39 is 10.2 Å². The number of rotatable bonds is 2. The molecule has 1 aromatic carbocycles. The highest BCUT2D eigenvalue weighted by atomic mass is 35.5. The molecule has 82 valence electrons. The average molecular weight is 230 g/mol. The first kappa shape index (κ1) is 13.6. The van der Waals surface area contributed by atoms with Gasteiger partial charge < -0.3 is 0 Å². The van der Waals surface area contributed by atoms with Gasteiger partial charge in [-0.3, -0.25) is 14.9 Å². The van der Waals surface area contributed by atoms with E-state index in [1.807, 2.05) is 13.8 Å². The molecule has 0 aliphatic carbocycles. The fourth-order valence-corrected chi connectivity index (χ4v) is 1.21. The van der Waals surface area contributed by atoms with Gasteiger partial charge in [0.2, 0.25) is 0 Å². The first-order valence-corrected chi connectivity index (χ1v) is 4.85. The van der Waals surface area contributed by atoms with Crippen LogP contribution < -0.4 is 0 Å². The quantitative estimate of drug-likeness (QED) is 0.444. The Morgan fingerprint density at radius 2 is 1.93 bits per heavy atom. The summed E-state index contributed by atoms with van der Waals surface area (Å²) in [5.41, 5.74) is 0.144. The van der Waals surface area contributed by atoms with Crippen LogP contribution in [-0.4, -0.2) is 10.2 Å². The lowest BCUT2D eigenvalue weighted by molar-refractivity contribution is -0.385. The number of carbonyl (C=O) groups excluding carboxylic acids is 1. The average Bonchev–Trinajstić information content (AvgIpc) is 2.19. The van der Waals surface area contributed by atoms with Gasteiger partial charge in [0, 0.05) is 5.56 Å². The molecule has 0 saturated carbocycles. The van der Waals surface area contributed by atoms with Crippen LogP contribution in [0.2, 0.25) is 0 Å². The second kappa shape index (κ2) is 6.14. The molecule has 0 bridgehead atoms. The molecule has 0 fully saturated rings. The van der Waals surface area contributed by atoms with Gasteiger partial charge >= 0.3 is 0 Å². The number of para-hydroxylation sites is 1. The van der Waals surface area contributed by atoms with Crippen molar-refractivity contribution in [1.29, 1.82) is 0 Å². The molecular weight excluding hydrogens is 218 g/mol. The molecule has 0 amide bonds. The van der Waals surface area contributed by atoms with Crippen LogP contribution in [0, 0.1) is 17.0 Å². The Labute approximate surface area is 93.0 Å². The highest BCUT2D eigenvalue weighted by Gasteiger charge is 2.20. The molecule has 0 spiro atoms. The number of hydrogen-bond donors (Lipinski definition) is 0. The fraction of sp³-hybridized carbons (Fsp3) is 0.300. The van der Waals surface area contributed by atoms with E-state index in [9.17, 15) is 14.9 Å². The van der Waals surface area contributed by atoms with E-state index in [0.29, 0.717) is 5.56 Å². The Balaban J connectivity index is 0.000000921. The van der Waals surface area contributed by atoms with Gasteiger partial charge in [0.1, 0.15) is 5.56 Å². The van der Waals surface area contributed by atoms with Crippen molar-refractivity contribution in [2.45, 2.75) is 20.8 Å². The summed E-state index contributed by atoms with van der Waals surface area (Å²) >= 11 is 5.18. The van der Waals surface area contributed by atoms with Gasteiger partial charge in [-0.2, -0.15) is 0 Å². The van der Waals surface area contributed by atoms with Crippen molar-refractivity contribution in [2.24, 2.45) is 0 Å². The highest BCUT2D eigenvalue weighted by Crippen LogP contribution is 2.24. The smallest absolute Gasteiger partial charge is 0.275 e. The van der Waals surface area contributed by atoms with Crippen molar-refractivity contribution in [3.63, 3.8) is 0 Å². The minimum absolute atomic E-state index is 0.0633. The van der Waals surface area contributed by atoms with Crippen molar-refractivity contribution in [1.82, 2.24) is 0 Å². The maximum Gasteiger partial charge on any atom is 0.284 e. The van der Waals surface area contributed by atoms with E-state index in [1.165, 1.54) is 6.07 Å². The van der Waals surface area contributed by atoms with Crippen LogP contribution >= 0.6 is 11.6 Å². The summed E-state index contributed by atoms with van der Waals surface area (Å²) in [6.45, 7) is 5.56. The van der Waals surface area contributed by atoms with Gasteiger partial charge in [-0.05, 0) is 24.6 Å². The highest BCUT2D eigenvalue weighted by molar-refractivity contribution is 6.68. The van der Waals surface area contributed by atoms with Gasteiger partial charge in [-0.1, -0.05) is 26.0 Å². The number of aryl methyl sites for hydroxylation is 1. The lowest BCUT2D eigenvalue weighted by Gasteiger charge is -1.99.